The highest BCUT2D eigenvalue weighted by Gasteiger charge is 2.24. The molecular formula is C18H29N3O4. The van der Waals surface area contributed by atoms with E-state index < -0.39 is 6.04 Å². The Morgan fingerprint density at radius 2 is 1.68 bits per heavy atom. The molecule has 7 nitrogen and oxygen atoms in total. The van der Waals surface area contributed by atoms with Gasteiger partial charge in [-0.25, -0.2) is 0 Å². The van der Waals surface area contributed by atoms with Gasteiger partial charge < -0.3 is 25.8 Å². The Balaban J connectivity index is 2.80. The zero-order chi connectivity index (χ0) is 18.8. The average molecular weight is 351 g/mol. The minimum absolute atomic E-state index is 0.0500. The van der Waals surface area contributed by atoms with Gasteiger partial charge in [-0.3, -0.25) is 9.59 Å². The van der Waals surface area contributed by atoms with Crippen LogP contribution in [0.3, 0.4) is 0 Å². The van der Waals surface area contributed by atoms with E-state index in [9.17, 15) is 9.59 Å². The number of nitrogens with one attached hydrogen (secondary N) is 2. The van der Waals surface area contributed by atoms with E-state index in [-0.39, 0.29) is 17.7 Å². The molecule has 0 spiro atoms. The number of rotatable bonds is 10. The van der Waals surface area contributed by atoms with Gasteiger partial charge in [0.1, 0.15) is 17.5 Å². The van der Waals surface area contributed by atoms with Gasteiger partial charge >= 0.3 is 0 Å². The van der Waals surface area contributed by atoms with Crippen molar-refractivity contribution >= 4 is 11.8 Å². The second-order valence-corrected chi connectivity index (χ2v) is 6.08. The molecule has 0 saturated heterocycles. The van der Waals surface area contributed by atoms with Gasteiger partial charge in [-0.2, -0.15) is 0 Å². The maximum absolute atomic E-state index is 12.6. The molecule has 2 amide bonds. The molecule has 4 N–H and O–H groups in total. The van der Waals surface area contributed by atoms with Crippen LogP contribution in [0.5, 0.6) is 11.5 Å². The van der Waals surface area contributed by atoms with Gasteiger partial charge in [-0.1, -0.05) is 13.8 Å². The van der Waals surface area contributed by atoms with Gasteiger partial charge in [0.15, 0.2) is 0 Å². The van der Waals surface area contributed by atoms with Crippen LogP contribution >= 0.6 is 0 Å². The number of benzene rings is 1. The van der Waals surface area contributed by atoms with Crippen molar-refractivity contribution in [2.75, 3.05) is 27.3 Å². The fourth-order valence-corrected chi connectivity index (χ4v) is 2.29. The molecule has 7 heteroatoms. The molecule has 0 radical (unpaired) electrons. The van der Waals surface area contributed by atoms with Gasteiger partial charge in [0.05, 0.1) is 14.2 Å². The number of ether oxygens (including phenoxy) is 2. The molecule has 0 fully saturated rings. The van der Waals surface area contributed by atoms with Crippen LogP contribution in [-0.4, -0.2) is 45.2 Å². The van der Waals surface area contributed by atoms with Crippen LogP contribution in [0.4, 0.5) is 0 Å². The highest BCUT2D eigenvalue weighted by molar-refractivity contribution is 5.98. The molecule has 1 aromatic carbocycles. The third-order valence-electron chi connectivity index (χ3n) is 3.78. The van der Waals surface area contributed by atoms with Crippen LogP contribution in [0.2, 0.25) is 0 Å². The second-order valence-electron chi connectivity index (χ2n) is 6.08. The Bertz CT molecular complexity index is 553. The first-order valence-electron chi connectivity index (χ1n) is 8.44. The summed E-state index contributed by atoms with van der Waals surface area (Å²) in [7, 11) is 3.03. The van der Waals surface area contributed by atoms with Crippen LogP contribution in [0.1, 0.15) is 37.0 Å². The number of amides is 2. The Morgan fingerprint density at radius 1 is 1.08 bits per heavy atom. The highest BCUT2D eigenvalue weighted by Crippen LogP contribution is 2.22. The maximum Gasteiger partial charge on any atom is 0.252 e. The fourth-order valence-electron chi connectivity index (χ4n) is 2.29. The third kappa shape index (κ3) is 6.62. The maximum atomic E-state index is 12.6. The number of nitrogens with two attached hydrogens (primary N) is 1. The van der Waals surface area contributed by atoms with E-state index >= 15 is 0 Å². The Labute approximate surface area is 149 Å². The minimum atomic E-state index is -0.623. The predicted molar refractivity (Wildman–Crippen MR) is 96.9 cm³/mol. The molecule has 0 aliphatic rings. The van der Waals surface area contributed by atoms with Crippen molar-refractivity contribution in [2.45, 2.75) is 32.7 Å². The van der Waals surface area contributed by atoms with Gasteiger partial charge in [-0.15, -0.1) is 0 Å². The average Bonchev–Trinajstić information content (AvgIpc) is 2.61. The first kappa shape index (κ1) is 20.8. The molecule has 1 aromatic rings. The van der Waals surface area contributed by atoms with Crippen LogP contribution in [-0.2, 0) is 4.79 Å². The van der Waals surface area contributed by atoms with Gasteiger partial charge in [0.2, 0.25) is 5.91 Å². The summed E-state index contributed by atoms with van der Waals surface area (Å²) in [5, 5.41) is 5.63. The number of methoxy groups -OCH3 is 2. The topological polar surface area (TPSA) is 103 Å². The van der Waals surface area contributed by atoms with Gasteiger partial charge in [0.25, 0.3) is 5.91 Å². The summed E-state index contributed by atoms with van der Waals surface area (Å²) >= 11 is 0. The lowest BCUT2D eigenvalue weighted by atomic mass is 10.0. The Hall–Kier alpha value is -2.28. The summed E-state index contributed by atoms with van der Waals surface area (Å²) in [5.74, 6) is 0.419. The lowest BCUT2D eigenvalue weighted by Gasteiger charge is -2.22. The summed E-state index contributed by atoms with van der Waals surface area (Å²) in [6.07, 6.45) is 1.66. The second kappa shape index (κ2) is 10.6. The van der Waals surface area contributed by atoms with Crippen molar-refractivity contribution in [3.8, 4) is 11.5 Å². The molecule has 0 aliphatic carbocycles. The third-order valence-corrected chi connectivity index (χ3v) is 3.78. The van der Waals surface area contributed by atoms with Gasteiger partial charge in [-0.05, 0) is 37.4 Å². The molecule has 0 saturated carbocycles. The van der Waals surface area contributed by atoms with E-state index in [0.717, 1.165) is 12.8 Å². The van der Waals surface area contributed by atoms with E-state index in [1.165, 1.54) is 14.2 Å². The van der Waals surface area contributed by atoms with E-state index in [1.807, 2.05) is 13.8 Å². The highest BCUT2D eigenvalue weighted by atomic mass is 16.5. The number of carbonyl (C=O) groups is 2. The van der Waals surface area contributed by atoms with Gasteiger partial charge in [0, 0.05) is 18.2 Å². The number of unbranched alkanes of at least 4 members (excludes halogenated alkanes) is 1. The summed E-state index contributed by atoms with van der Waals surface area (Å²) in [5.41, 5.74) is 5.81. The summed E-state index contributed by atoms with van der Waals surface area (Å²) in [4.78, 5) is 24.9. The molecule has 0 aromatic heterocycles. The van der Waals surface area contributed by atoms with Crippen molar-refractivity contribution in [3.05, 3.63) is 23.8 Å². The van der Waals surface area contributed by atoms with Crippen LogP contribution < -0.4 is 25.8 Å². The first-order valence-corrected chi connectivity index (χ1v) is 8.44. The van der Waals surface area contributed by atoms with Crippen molar-refractivity contribution in [1.29, 1.82) is 0 Å². The van der Waals surface area contributed by atoms with E-state index in [1.54, 1.807) is 18.2 Å². The fraction of sp³-hybridized carbons (Fsp3) is 0.556. The molecule has 1 atom stereocenters. The summed E-state index contributed by atoms with van der Waals surface area (Å²) < 4.78 is 10.3. The van der Waals surface area contributed by atoms with Crippen molar-refractivity contribution < 1.29 is 19.1 Å². The Morgan fingerprint density at radius 3 is 2.16 bits per heavy atom. The molecule has 0 bridgehead atoms. The molecule has 140 valence electrons. The lowest BCUT2D eigenvalue weighted by molar-refractivity contribution is -0.123. The quantitative estimate of drug-likeness (QED) is 0.552. The molecule has 0 heterocycles. The standard InChI is InChI=1S/C18H29N3O4/c1-12(2)16(18(23)20-8-6-5-7-19)21-17(22)13-9-14(24-3)11-15(10-13)25-4/h9-12,16H,5-8,19H2,1-4H3,(H,20,23)(H,21,22). The zero-order valence-corrected chi connectivity index (χ0v) is 15.4. The minimum Gasteiger partial charge on any atom is -0.497 e. The zero-order valence-electron chi connectivity index (χ0n) is 15.4. The van der Waals surface area contributed by atoms with E-state index in [0.29, 0.717) is 30.2 Å². The summed E-state index contributed by atoms with van der Waals surface area (Å²) in [6.45, 7) is 4.91. The monoisotopic (exact) mass is 351 g/mol. The lowest BCUT2D eigenvalue weighted by Crippen LogP contribution is -2.49. The first-order chi connectivity index (χ1) is 11.9. The summed E-state index contributed by atoms with van der Waals surface area (Å²) in [6, 6.07) is 4.27. The van der Waals surface area contributed by atoms with Crippen LogP contribution in [0.15, 0.2) is 18.2 Å². The largest absolute Gasteiger partial charge is 0.497 e. The van der Waals surface area contributed by atoms with E-state index in [4.69, 9.17) is 15.2 Å². The van der Waals surface area contributed by atoms with Crippen LogP contribution in [0.25, 0.3) is 0 Å². The number of hydrogen-bond donors (Lipinski definition) is 3. The van der Waals surface area contributed by atoms with Crippen molar-refractivity contribution in [2.24, 2.45) is 11.7 Å². The van der Waals surface area contributed by atoms with Crippen molar-refractivity contribution in [3.63, 3.8) is 0 Å². The molecule has 0 aliphatic heterocycles. The molecule has 25 heavy (non-hydrogen) atoms. The van der Waals surface area contributed by atoms with Crippen molar-refractivity contribution in [1.82, 2.24) is 10.6 Å². The van der Waals surface area contributed by atoms with E-state index in [2.05, 4.69) is 10.6 Å². The molecule has 1 rings (SSSR count). The molecule has 1 unspecified atom stereocenters. The SMILES string of the molecule is COc1cc(OC)cc(C(=O)NC(C(=O)NCCCCN)C(C)C)c1. The molecular weight excluding hydrogens is 322 g/mol. The number of hydrogen-bond acceptors (Lipinski definition) is 5. The Kier molecular flexibility index (Phi) is 8.77. The predicted octanol–water partition coefficient (Wildman–Crippen LogP) is 1.31. The normalized spacial score (nSPS) is 11.8. The van der Waals surface area contributed by atoms with Crippen LogP contribution in [0, 0.1) is 5.92 Å². The number of carbonyl (C=O) groups excluding carboxylic acids is 2. The smallest absolute Gasteiger partial charge is 0.252 e.